The zero-order chi connectivity index (χ0) is 15.2. The van der Waals surface area contributed by atoms with Crippen molar-refractivity contribution in [3.05, 3.63) is 4.88 Å². The molecule has 2 fully saturated rings. The molecule has 0 spiro atoms. The van der Waals surface area contributed by atoms with E-state index in [1.54, 1.807) is 21.2 Å². The molecular weight excluding hydrogens is 286 g/mol. The van der Waals surface area contributed by atoms with Crippen LogP contribution in [-0.4, -0.2) is 38.6 Å². The third-order valence-electron chi connectivity index (χ3n) is 4.64. The van der Waals surface area contributed by atoms with Crippen LogP contribution in [-0.2, 0) is 0 Å². The van der Waals surface area contributed by atoms with Crippen molar-refractivity contribution < 1.29 is 9.53 Å². The summed E-state index contributed by atoms with van der Waals surface area (Å²) in [5, 5.41) is 4.37. The number of carbonyl (C=O) groups is 1. The van der Waals surface area contributed by atoms with E-state index in [1.807, 2.05) is 0 Å². The topological polar surface area (TPSA) is 67.6 Å². The molecular formula is C15H23N3O2S. The third kappa shape index (κ3) is 2.57. The number of carbonyl (C=O) groups excluding carboxylic acids is 1. The highest BCUT2D eigenvalue weighted by molar-refractivity contribution is 7.19. The van der Waals surface area contributed by atoms with E-state index < -0.39 is 0 Å². The molecule has 0 aromatic carbocycles. The van der Waals surface area contributed by atoms with Crippen LogP contribution in [0, 0.1) is 11.3 Å². The minimum atomic E-state index is -0.0767. The van der Waals surface area contributed by atoms with Gasteiger partial charge in [-0.25, -0.2) is 0 Å². The second-order valence-corrected chi connectivity index (χ2v) is 7.42. The number of nitrogens with two attached hydrogens (primary N) is 1. The maximum absolute atomic E-state index is 12.2. The summed E-state index contributed by atoms with van der Waals surface area (Å²) in [4.78, 5) is 14.2. The monoisotopic (exact) mass is 309 g/mol. The van der Waals surface area contributed by atoms with E-state index in [2.05, 4.69) is 5.32 Å². The SMILES string of the molecule is COc1c(NCC2(C3CC3)CC2)sc(C(=O)N(C)C)c1N. The van der Waals surface area contributed by atoms with Gasteiger partial charge >= 0.3 is 0 Å². The molecule has 0 bridgehead atoms. The molecule has 3 N–H and O–H groups in total. The summed E-state index contributed by atoms with van der Waals surface area (Å²) < 4.78 is 5.40. The Morgan fingerprint density at radius 3 is 2.62 bits per heavy atom. The normalized spacial score (nSPS) is 19.2. The quantitative estimate of drug-likeness (QED) is 0.847. The van der Waals surface area contributed by atoms with Gasteiger partial charge in [0.05, 0.1) is 7.11 Å². The molecule has 5 nitrogen and oxygen atoms in total. The molecule has 0 unspecified atom stereocenters. The van der Waals surface area contributed by atoms with Crippen LogP contribution in [0.3, 0.4) is 0 Å². The lowest BCUT2D eigenvalue weighted by Crippen LogP contribution is -2.21. The molecule has 3 rings (SSSR count). The highest BCUT2D eigenvalue weighted by Gasteiger charge is 2.53. The number of hydrogen-bond donors (Lipinski definition) is 2. The predicted molar refractivity (Wildman–Crippen MR) is 86.2 cm³/mol. The first-order chi connectivity index (χ1) is 9.98. The van der Waals surface area contributed by atoms with E-state index in [1.165, 1.54) is 41.9 Å². The zero-order valence-corrected chi connectivity index (χ0v) is 13.7. The van der Waals surface area contributed by atoms with Crippen LogP contribution in [0.4, 0.5) is 10.7 Å². The van der Waals surface area contributed by atoms with E-state index in [9.17, 15) is 4.79 Å². The third-order valence-corrected chi connectivity index (χ3v) is 5.77. The maximum Gasteiger partial charge on any atom is 0.265 e. The lowest BCUT2D eigenvalue weighted by atomic mass is 10.0. The number of methoxy groups -OCH3 is 1. The van der Waals surface area contributed by atoms with E-state index in [-0.39, 0.29) is 5.91 Å². The first-order valence-corrected chi connectivity index (χ1v) is 8.22. The van der Waals surface area contributed by atoms with Gasteiger partial charge in [-0.2, -0.15) is 0 Å². The van der Waals surface area contributed by atoms with Crippen LogP contribution in [0.1, 0.15) is 35.4 Å². The molecule has 2 aliphatic rings. The molecule has 6 heteroatoms. The average Bonchev–Trinajstić information content (AvgIpc) is 3.33. The highest BCUT2D eigenvalue weighted by Crippen LogP contribution is 2.61. The first-order valence-electron chi connectivity index (χ1n) is 7.40. The summed E-state index contributed by atoms with van der Waals surface area (Å²) in [7, 11) is 5.06. The van der Waals surface area contributed by atoms with E-state index in [0.29, 0.717) is 21.7 Å². The van der Waals surface area contributed by atoms with Crippen molar-refractivity contribution >= 4 is 27.9 Å². The van der Waals surface area contributed by atoms with Gasteiger partial charge in [-0.05, 0) is 37.0 Å². The minimum Gasteiger partial charge on any atom is -0.492 e. The van der Waals surface area contributed by atoms with Gasteiger partial charge in [-0.3, -0.25) is 4.79 Å². The van der Waals surface area contributed by atoms with Crippen LogP contribution >= 0.6 is 11.3 Å². The molecule has 2 saturated carbocycles. The van der Waals surface area contributed by atoms with Gasteiger partial charge in [0.1, 0.15) is 15.6 Å². The number of ether oxygens (including phenoxy) is 1. The summed E-state index contributed by atoms with van der Waals surface area (Å²) in [6, 6.07) is 0. The molecule has 0 radical (unpaired) electrons. The fourth-order valence-electron chi connectivity index (χ4n) is 2.95. The van der Waals surface area contributed by atoms with E-state index in [0.717, 1.165) is 17.5 Å². The Balaban J connectivity index is 1.77. The average molecular weight is 309 g/mol. The summed E-state index contributed by atoms with van der Waals surface area (Å²) >= 11 is 1.40. The summed E-state index contributed by atoms with van der Waals surface area (Å²) in [5.74, 6) is 1.43. The molecule has 1 amide bonds. The number of nitrogen functional groups attached to an aromatic ring is 1. The fraction of sp³-hybridized carbons (Fsp3) is 0.667. The van der Waals surface area contributed by atoms with Crippen LogP contribution in [0.2, 0.25) is 0 Å². The summed E-state index contributed by atoms with van der Waals surface area (Å²) in [6.45, 7) is 0.962. The van der Waals surface area contributed by atoms with Crippen molar-refractivity contribution in [2.24, 2.45) is 11.3 Å². The Bertz CT molecular complexity index is 560. The molecule has 1 heterocycles. The number of hydrogen-bond acceptors (Lipinski definition) is 5. The van der Waals surface area contributed by atoms with Crippen molar-refractivity contribution in [3.8, 4) is 5.75 Å². The number of amides is 1. The van der Waals surface area contributed by atoms with Crippen molar-refractivity contribution in [1.82, 2.24) is 4.90 Å². The number of rotatable bonds is 6. The lowest BCUT2D eigenvalue weighted by Gasteiger charge is -2.15. The largest absolute Gasteiger partial charge is 0.492 e. The molecule has 21 heavy (non-hydrogen) atoms. The van der Waals surface area contributed by atoms with E-state index >= 15 is 0 Å². The minimum absolute atomic E-state index is 0.0767. The number of nitrogens with one attached hydrogen (secondary N) is 1. The molecule has 116 valence electrons. The van der Waals surface area contributed by atoms with Gasteiger partial charge in [-0.1, -0.05) is 0 Å². The van der Waals surface area contributed by atoms with Crippen molar-refractivity contribution in [1.29, 1.82) is 0 Å². The predicted octanol–water partition coefficient (Wildman–Crippen LogP) is 2.64. The summed E-state index contributed by atoms with van der Waals surface area (Å²) in [6.07, 6.45) is 5.38. The maximum atomic E-state index is 12.2. The number of nitrogens with zero attached hydrogens (tertiary/aromatic N) is 1. The number of thiophene rings is 1. The molecule has 1 aromatic rings. The Labute approximate surface area is 129 Å². The van der Waals surface area contributed by atoms with Crippen molar-refractivity contribution in [2.75, 3.05) is 38.8 Å². The van der Waals surface area contributed by atoms with Crippen LogP contribution in [0.5, 0.6) is 5.75 Å². The lowest BCUT2D eigenvalue weighted by molar-refractivity contribution is 0.0833. The van der Waals surface area contributed by atoms with Gasteiger partial charge in [0, 0.05) is 20.6 Å². The highest BCUT2D eigenvalue weighted by atomic mass is 32.1. The van der Waals surface area contributed by atoms with Gasteiger partial charge in [0.2, 0.25) is 0 Å². The smallest absolute Gasteiger partial charge is 0.265 e. The van der Waals surface area contributed by atoms with Crippen molar-refractivity contribution in [3.63, 3.8) is 0 Å². The molecule has 2 aliphatic carbocycles. The Kier molecular flexibility index (Phi) is 3.51. The fourth-order valence-corrected chi connectivity index (χ4v) is 4.06. The Morgan fingerprint density at radius 2 is 2.14 bits per heavy atom. The molecule has 1 aromatic heterocycles. The van der Waals surface area contributed by atoms with Crippen molar-refractivity contribution in [2.45, 2.75) is 25.7 Å². The van der Waals surface area contributed by atoms with Gasteiger partial charge in [-0.15, -0.1) is 11.3 Å². The number of anilines is 2. The second-order valence-electron chi connectivity index (χ2n) is 6.40. The second kappa shape index (κ2) is 5.09. The zero-order valence-electron chi connectivity index (χ0n) is 12.9. The Hall–Kier alpha value is -1.43. The first kappa shape index (κ1) is 14.5. The van der Waals surface area contributed by atoms with Gasteiger partial charge < -0.3 is 20.7 Å². The standard InChI is InChI=1S/C15H23N3O2S/c1-18(2)14(19)12-10(16)11(20-3)13(21-12)17-8-15(6-7-15)9-4-5-9/h9,17H,4-8,16H2,1-3H3. The van der Waals surface area contributed by atoms with Gasteiger partial charge in [0.15, 0.2) is 5.75 Å². The van der Waals surface area contributed by atoms with E-state index in [4.69, 9.17) is 10.5 Å². The van der Waals surface area contributed by atoms with Crippen LogP contribution in [0.15, 0.2) is 0 Å². The molecule has 0 atom stereocenters. The van der Waals surface area contributed by atoms with Crippen LogP contribution < -0.4 is 15.8 Å². The Morgan fingerprint density at radius 1 is 1.48 bits per heavy atom. The summed E-state index contributed by atoms with van der Waals surface area (Å²) in [5.41, 5.74) is 7.02. The van der Waals surface area contributed by atoms with Gasteiger partial charge in [0.25, 0.3) is 5.91 Å². The molecule has 0 aliphatic heterocycles. The van der Waals surface area contributed by atoms with Crippen LogP contribution in [0.25, 0.3) is 0 Å². The molecule has 0 saturated heterocycles.